The number of aliphatic hydroxyl groups is 1. The lowest BCUT2D eigenvalue weighted by Crippen LogP contribution is -2.41. The quantitative estimate of drug-likeness (QED) is 0.799. The molecule has 1 aromatic rings. The number of benzene rings is 1. The van der Waals surface area contributed by atoms with Gasteiger partial charge in [-0.05, 0) is 30.5 Å². The fourth-order valence-corrected chi connectivity index (χ4v) is 2.81. The first-order valence-electron chi connectivity index (χ1n) is 6.55. The second-order valence-corrected chi connectivity index (χ2v) is 6.50. The van der Waals surface area contributed by atoms with Crippen LogP contribution in [0.2, 0.25) is 0 Å². The van der Waals surface area contributed by atoms with Gasteiger partial charge in [0.15, 0.2) is 0 Å². The third-order valence-electron chi connectivity index (χ3n) is 3.42. The number of hydrogen-bond donors (Lipinski definition) is 2. The Kier molecular flexibility index (Phi) is 5.69. The van der Waals surface area contributed by atoms with E-state index in [1.807, 2.05) is 19.9 Å². The average molecular weight is 296 g/mol. The van der Waals surface area contributed by atoms with E-state index in [1.165, 1.54) is 12.1 Å². The highest BCUT2D eigenvalue weighted by Crippen LogP contribution is 2.16. The summed E-state index contributed by atoms with van der Waals surface area (Å²) in [6.45, 7) is 3.62. The van der Waals surface area contributed by atoms with Crippen LogP contribution in [0.25, 0.3) is 0 Å². The SMILES string of the molecule is CCC(O)(CC)CNS(=O)(=O)c1ccc(CC#N)cc1. The predicted octanol–water partition coefficient (Wildman–Crippen LogP) is 1.58. The first kappa shape index (κ1) is 16.6. The van der Waals surface area contributed by atoms with Crippen molar-refractivity contribution in [3.8, 4) is 6.07 Å². The molecule has 0 fully saturated rings. The molecule has 20 heavy (non-hydrogen) atoms. The molecule has 0 aliphatic rings. The zero-order valence-corrected chi connectivity index (χ0v) is 12.6. The summed E-state index contributed by atoms with van der Waals surface area (Å²) in [6, 6.07) is 8.16. The average Bonchev–Trinajstić information content (AvgIpc) is 2.46. The summed E-state index contributed by atoms with van der Waals surface area (Å²) < 4.78 is 26.6. The Morgan fingerprint density at radius 1 is 1.25 bits per heavy atom. The fraction of sp³-hybridized carbons (Fsp3) is 0.500. The highest BCUT2D eigenvalue weighted by molar-refractivity contribution is 7.89. The number of nitrogens with one attached hydrogen (secondary N) is 1. The van der Waals surface area contributed by atoms with E-state index in [4.69, 9.17) is 5.26 Å². The van der Waals surface area contributed by atoms with Crippen LogP contribution in [0.3, 0.4) is 0 Å². The van der Waals surface area contributed by atoms with Gasteiger partial charge in [-0.3, -0.25) is 0 Å². The summed E-state index contributed by atoms with van der Waals surface area (Å²) in [6.07, 6.45) is 1.21. The fourth-order valence-electron chi connectivity index (χ4n) is 1.69. The standard InChI is InChI=1S/C14H20N2O3S/c1-3-14(17,4-2)11-16-20(18,19)13-7-5-12(6-8-13)9-10-15/h5-8,16-17H,3-4,9,11H2,1-2H3. The van der Waals surface area contributed by atoms with Gasteiger partial charge in [0.25, 0.3) is 0 Å². The van der Waals surface area contributed by atoms with Gasteiger partial charge in [0.05, 0.1) is 23.0 Å². The minimum Gasteiger partial charge on any atom is -0.389 e. The molecular formula is C14H20N2O3S. The lowest BCUT2D eigenvalue weighted by atomic mass is 9.98. The second kappa shape index (κ2) is 6.84. The molecule has 0 radical (unpaired) electrons. The molecule has 5 nitrogen and oxygen atoms in total. The molecular weight excluding hydrogens is 276 g/mol. The Balaban J connectivity index is 2.81. The highest BCUT2D eigenvalue weighted by atomic mass is 32.2. The first-order chi connectivity index (χ1) is 9.37. The summed E-state index contributed by atoms with van der Waals surface area (Å²) >= 11 is 0. The van der Waals surface area contributed by atoms with Crippen molar-refractivity contribution in [3.63, 3.8) is 0 Å². The van der Waals surface area contributed by atoms with Crippen LogP contribution in [0.4, 0.5) is 0 Å². The van der Waals surface area contributed by atoms with Crippen LogP contribution in [0.5, 0.6) is 0 Å². The molecule has 0 heterocycles. The summed E-state index contributed by atoms with van der Waals surface area (Å²) in [5.41, 5.74) is -0.251. The van der Waals surface area contributed by atoms with Crippen LogP contribution in [-0.2, 0) is 16.4 Å². The maximum absolute atomic E-state index is 12.1. The third kappa shape index (κ3) is 4.30. The van der Waals surface area contributed by atoms with Crippen LogP contribution in [0.1, 0.15) is 32.3 Å². The zero-order chi connectivity index (χ0) is 15.2. The van der Waals surface area contributed by atoms with Crippen LogP contribution in [0, 0.1) is 11.3 Å². The van der Waals surface area contributed by atoms with Crippen LogP contribution in [-0.4, -0.2) is 25.7 Å². The molecule has 0 saturated heterocycles. The van der Waals surface area contributed by atoms with Crippen molar-refractivity contribution in [2.75, 3.05) is 6.54 Å². The van der Waals surface area contributed by atoms with Gasteiger partial charge in [-0.15, -0.1) is 0 Å². The Morgan fingerprint density at radius 3 is 2.25 bits per heavy atom. The van der Waals surface area contributed by atoms with E-state index in [0.717, 1.165) is 5.56 Å². The lowest BCUT2D eigenvalue weighted by Gasteiger charge is -2.25. The first-order valence-corrected chi connectivity index (χ1v) is 8.03. The Hall–Kier alpha value is -1.42. The van der Waals surface area contributed by atoms with E-state index >= 15 is 0 Å². The second-order valence-electron chi connectivity index (χ2n) is 4.73. The van der Waals surface area contributed by atoms with E-state index in [9.17, 15) is 13.5 Å². The zero-order valence-electron chi connectivity index (χ0n) is 11.8. The molecule has 1 aromatic carbocycles. The summed E-state index contributed by atoms with van der Waals surface area (Å²) in [5.74, 6) is 0. The van der Waals surface area contributed by atoms with E-state index in [2.05, 4.69) is 4.72 Å². The van der Waals surface area contributed by atoms with Gasteiger partial charge in [-0.25, -0.2) is 13.1 Å². The highest BCUT2D eigenvalue weighted by Gasteiger charge is 2.25. The van der Waals surface area contributed by atoms with Gasteiger partial charge >= 0.3 is 0 Å². The van der Waals surface area contributed by atoms with Gasteiger partial charge in [0, 0.05) is 6.54 Å². The maximum atomic E-state index is 12.1. The van der Waals surface area contributed by atoms with Gasteiger partial charge in [-0.1, -0.05) is 26.0 Å². The third-order valence-corrected chi connectivity index (χ3v) is 4.84. The van der Waals surface area contributed by atoms with Crippen molar-refractivity contribution in [1.82, 2.24) is 4.72 Å². The molecule has 0 aliphatic heterocycles. The molecule has 0 aromatic heterocycles. The Labute approximate surface area is 120 Å². The number of hydrogen-bond acceptors (Lipinski definition) is 4. The molecule has 0 spiro atoms. The van der Waals surface area contributed by atoms with E-state index in [0.29, 0.717) is 12.8 Å². The van der Waals surface area contributed by atoms with Gasteiger partial charge in [0.1, 0.15) is 0 Å². The van der Waals surface area contributed by atoms with E-state index in [-0.39, 0.29) is 17.9 Å². The molecule has 0 aliphatic carbocycles. The van der Waals surface area contributed by atoms with Gasteiger partial charge in [-0.2, -0.15) is 5.26 Å². The number of sulfonamides is 1. The predicted molar refractivity (Wildman–Crippen MR) is 76.5 cm³/mol. The summed E-state index contributed by atoms with van der Waals surface area (Å²) in [4.78, 5) is 0.133. The van der Waals surface area contributed by atoms with E-state index in [1.54, 1.807) is 12.1 Å². The topological polar surface area (TPSA) is 90.2 Å². The van der Waals surface area contributed by atoms with Crippen molar-refractivity contribution in [2.45, 2.75) is 43.6 Å². The lowest BCUT2D eigenvalue weighted by molar-refractivity contribution is 0.0377. The Morgan fingerprint density at radius 2 is 1.80 bits per heavy atom. The Bertz CT molecular complexity index is 569. The van der Waals surface area contributed by atoms with Crippen LogP contribution < -0.4 is 4.72 Å². The van der Waals surface area contributed by atoms with Crippen molar-refractivity contribution in [3.05, 3.63) is 29.8 Å². The van der Waals surface area contributed by atoms with Gasteiger partial charge in [0.2, 0.25) is 10.0 Å². The smallest absolute Gasteiger partial charge is 0.240 e. The molecule has 0 saturated carbocycles. The molecule has 110 valence electrons. The van der Waals surface area contributed by atoms with Gasteiger partial charge < -0.3 is 5.11 Å². The molecule has 0 amide bonds. The largest absolute Gasteiger partial charge is 0.389 e. The molecule has 2 N–H and O–H groups in total. The van der Waals surface area contributed by atoms with Crippen molar-refractivity contribution in [1.29, 1.82) is 5.26 Å². The summed E-state index contributed by atoms with van der Waals surface area (Å²) in [7, 11) is -3.64. The molecule has 0 atom stereocenters. The molecule has 0 unspecified atom stereocenters. The minimum absolute atomic E-state index is 0.0116. The van der Waals surface area contributed by atoms with E-state index < -0.39 is 15.6 Å². The van der Waals surface area contributed by atoms with Crippen molar-refractivity contribution in [2.24, 2.45) is 0 Å². The minimum atomic E-state index is -3.64. The van der Waals surface area contributed by atoms with Crippen LogP contribution >= 0.6 is 0 Å². The maximum Gasteiger partial charge on any atom is 0.240 e. The molecule has 1 rings (SSSR count). The van der Waals surface area contributed by atoms with Crippen molar-refractivity contribution < 1.29 is 13.5 Å². The van der Waals surface area contributed by atoms with Crippen LogP contribution in [0.15, 0.2) is 29.2 Å². The summed E-state index contributed by atoms with van der Waals surface area (Å²) in [5, 5.41) is 18.7. The number of nitrogens with zero attached hydrogens (tertiary/aromatic N) is 1. The molecule has 0 bridgehead atoms. The molecule has 6 heteroatoms. The number of nitriles is 1. The monoisotopic (exact) mass is 296 g/mol. The normalized spacial score (nSPS) is 12.1. The number of rotatable bonds is 7. The van der Waals surface area contributed by atoms with Crippen molar-refractivity contribution >= 4 is 10.0 Å².